The van der Waals surface area contributed by atoms with Gasteiger partial charge in [-0.2, -0.15) is 0 Å². The van der Waals surface area contributed by atoms with Crippen LogP contribution in [-0.4, -0.2) is 12.1 Å². The summed E-state index contributed by atoms with van der Waals surface area (Å²) in [5.74, 6) is -0.294. The fraction of sp³-hybridized carbons (Fsp3) is 0.364. The lowest BCUT2D eigenvalue weighted by Crippen LogP contribution is -2.12. The van der Waals surface area contributed by atoms with E-state index >= 15 is 0 Å². The number of carbonyl (C=O) groups is 1. The molecule has 0 bridgehead atoms. The van der Waals surface area contributed by atoms with Crippen molar-refractivity contribution in [3.63, 3.8) is 0 Å². The molecule has 1 rings (SSSR count). The minimum atomic E-state index is -0.294. The van der Waals surface area contributed by atoms with Crippen LogP contribution in [0.25, 0.3) is 0 Å². The number of rotatable bonds is 2. The van der Waals surface area contributed by atoms with Gasteiger partial charge in [-0.25, -0.2) is 4.79 Å². The Morgan fingerprint density at radius 3 is 2.57 bits per heavy atom. The van der Waals surface area contributed by atoms with E-state index in [0.717, 1.165) is 5.56 Å². The zero-order valence-corrected chi connectivity index (χ0v) is 8.70. The third kappa shape index (κ3) is 2.49. The lowest BCUT2D eigenvalue weighted by Gasteiger charge is -2.09. The number of nitrogens with two attached hydrogens (primary N) is 1. The Morgan fingerprint density at radius 2 is 2.07 bits per heavy atom. The van der Waals surface area contributed by atoms with Gasteiger partial charge in [-0.1, -0.05) is 0 Å². The highest BCUT2D eigenvalue weighted by molar-refractivity contribution is 5.91. The summed E-state index contributed by atoms with van der Waals surface area (Å²) >= 11 is 0. The van der Waals surface area contributed by atoms with Crippen molar-refractivity contribution < 1.29 is 9.53 Å². The van der Waals surface area contributed by atoms with Gasteiger partial charge in [-0.3, -0.25) is 0 Å². The summed E-state index contributed by atoms with van der Waals surface area (Å²) in [6.07, 6.45) is -0.0977. The lowest BCUT2D eigenvalue weighted by atomic mass is 10.1. The molecule has 0 unspecified atom stereocenters. The molecule has 2 N–H and O–H groups in total. The molecule has 76 valence electrons. The summed E-state index contributed by atoms with van der Waals surface area (Å²) < 4.78 is 5.08. The van der Waals surface area contributed by atoms with Crippen LogP contribution in [0.2, 0.25) is 0 Å². The molecule has 0 aliphatic rings. The number of ether oxygens (including phenoxy) is 1. The van der Waals surface area contributed by atoms with Gasteiger partial charge in [0.15, 0.2) is 0 Å². The van der Waals surface area contributed by atoms with Gasteiger partial charge in [0.1, 0.15) is 0 Å². The molecule has 3 nitrogen and oxygen atoms in total. The number of nitrogen functional groups attached to an aromatic ring is 1. The highest BCUT2D eigenvalue weighted by atomic mass is 16.5. The van der Waals surface area contributed by atoms with Gasteiger partial charge >= 0.3 is 5.97 Å². The molecular formula is C11H15NO2. The SMILES string of the molecule is Cc1cc(N)ccc1C(=O)OC(C)C. The Labute approximate surface area is 83.9 Å². The molecular weight excluding hydrogens is 178 g/mol. The number of benzene rings is 1. The largest absolute Gasteiger partial charge is 0.459 e. The van der Waals surface area contributed by atoms with E-state index in [9.17, 15) is 4.79 Å². The van der Waals surface area contributed by atoms with Crippen molar-refractivity contribution in [3.05, 3.63) is 29.3 Å². The van der Waals surface area contributed by atoms with Crippen molar-refractivity contribution in [2.75, 3.05) is 5.73 Å². The van der Waals surface area contributed by atoms with E-state index in [1.807, 2.05) is 20.8 Å². The van der Waals surface area contributed by atoms with E-state index in [4.69, 9.17) is 10.5 Å². The van der Waals surface area contributed by atoms with Crippen LogP contribution in [0.15, 0.2) is 18.2 Å². The van der Waals surface area contributed by atoms with Gasteiger partial charge in [-0.15, -0.1) is 0 Å². The van der Waals surface area contributed by atoms with Crippen molar-refractivity contribution >= 4 is 11.7 Å². The van der Waals surface area contributed by atoms with E-state index in [2.05, 4.69) is 0 Å². The first-order valence-corrected chi connectivity index (χ1v) is 4.58. The summed E-state index contributed by atoms with van der Waals surface area (Å²) in [6, 6.07) is 5.15. The fourth-order valence-electron chi connectivity index (χ4n) is 1.19. The second-order valence-corrected chi connectivity index (χ2v) is 3.53. The molecule has 14 heavy (non-hydrogen) atoms. The quantitative estimate of drug-likeness (QED) is 0.578. The Morgan fingerprint density at radius 1 is 1.43 bits per heavy atom. The second kappa shape index (κ2) is 4.13. The third-order valence-corrected chi connectivity index (χ3v) is 1.81. The molecule has 0 fully saturated rings. The monoisotopic (exact) mass is 193 g/mol. The van der Waals surface area contributed by atoms with Crippen LogP contribution in [0.5, 0.6) is 0 Å². The molecule has 0 aliphatic carbocycles. The predicted octanol–water partition coefficient (Wildman–Crippen LogP) is 2.14. The smallest absolute Gasteiger partial charge is 0.338 e. The summed E-state index contributed by atoms with van der Waals surface area (Å²) in [6.45, 7) is 5.49. The van der Waals surface area contributed by atoms with E-state index in [1.165, 1.54) is 0 Å². The van der Waals surface area contributed by atoms with E-state index in [0.29, 0.717) is 11.3 Å². The van der Waals surface area contributed by atoms with Crippen molar-refractivity contribution in [3.8, 4) is 0 Å². The normalized spacial score (nSPS) is 10.3. The summed E-state index contributed by atoms with van der Waals surface area (Å²) in [5.41, 5.74) is 7.65. The Bertz CT molecular complexity index is 345. The first-order chi connectivity index (χ1) is 6.50. The van der Waals surface area contributed by atoms with Gasteiger partial charge < -0.3 is 10.5 Å². The van der Waals surface area contributed by atoms with E-state index < -0.39 is 0 Å². The van der Waals surface area contributed by atoms with Gasteiger partial charge in [0.25, 0.3) is 0 Å². The Hall–Kier alpha value is -1.51. The van der Waals surface area contributed by atoms with Crippen molar-refractivity contribution in [2.45, 2.75) is 26.9 Å². The van der Waals surface area contributed by atoms with Gasteiger partial charge in [0, 0.05) is 5.69 Å². The average Bonchev–Trinajstić information content (AvgIpc) is 2.01. The molecule has 3 heteroatoms. The van der Waals surface area contributed by atoms with Crippen molar-refractivity contribution in [1.82, 2.24) is 0 Å². The minimum Gasteiger partial charge on any atom is -0.459 e. The number of carbonyl (C=O) groups excluding carboxylic acids is 1. The van der Waals surface area contributed by atoms with Crippen LogP contribution < -0.4 is 5.73 Å². The molecule has 1 aromatic carbocycles. The summed E-state index contributed by atoms with van der Waals surface area (Å²) in [5, 5.41) is 0. The van der Waals surface area contributed by atoms with Crippen LogP contribution in [-0.2, 0) is 4.74 Å². The zero-order chi connectivity index (χ0) is 10.7. The van der Waals surface area contributed by atoms with Crippen LogP contribution in [0.1, 0.15) is 29.8 Å². The molecule has 0 radical (unpaired) electrons. The number of aryl methyl sites for hydroxylation is 1. The maximum absolute atomic E-state index is 11.5. The number of esters is 1. The van der Waals surface area contributed by atoms with Gasteiger partial charge in [-0.05, 0) is 44.5 Å². The highest BCUT2D eigenvalue weighted by Crippen LogP contribution is 2.14. The first-order valence-electron chi connectivity index (χ1n) is 4.58. The predicted molar refractivity (Wildman–Crippen MR) is 56.1 cm³/mol. The molecule has 0 saturated carbocycles. The summed E-state index contributed by atoms with van der Waals surface area (Å²) in [4.78, 5) is 11.5. The number of hydrogen-bond acceptors (Lipinski definition) is 3. The molecule has 0 spiro atoms. The second-order valence-electron chi connectivity index (χ2n) is 3.53. The van der Waals surface area contributed by atoms with Crippen molar-refractivity contribution in [1.29, 1.82) is 0 Å². The maximum atomic E-state index is 11.5. The van der Waals surface area contributed by atoms with Crippen molar-refractivity contribution in [2.24, 2.45) is 0 Å². The van der Waals surface area contributed by atoms with E-state index in [1.54, 1.807) is 18.2 Å². The molecule has 0 heterocycles. The topological polar surface area (TPSA) is 52.3 Å². The van der Waals surface area contributed by atoms with Crippen LogP contribution in [0.4, 0.5) is 5.69 Å². The fourth-order valence-corrected chi connectivity index (χ4v) is 1.19. The summed E-state index contributed by atoms with van der Waals surface area (Å²) in [7, 11) is 0. The van der Waals surface area contributed by atoms with Gasteiger partial charge in [0.05, 0.1) is 11.7 Å². The standard InChI is InChI=1S/C11H15NO2/c1-7(2)14-11(13)10-5-4-9(12)6-8(10)3/h4-7H,12H2,1-3H3. The Kier molecular flexibility index (Phi) is 3.12. The molecule has 0 amide bonds. The third-order valence-electron chi connectivity index (χ3n) is 1.81. The molecule has 0 atom stereocenters. The van der Waals surface area contributed by atoms with Crippen LogP contribution in [0.3, 0.4) is 0 Å². The maximum Gasteiger partial charge on any atom is 0.338 e. The Balaban J connectivity index is 2.90. The molecule has 0 saturated heterocycles. The highest BCUT2D eigenvalue weighted by Gasteiger charge is 2.11. The number of anilines is 1. The van der Waals surface area contributed by atoms with E-state index in [-0.39, 0.29) is 12.1 Å². The molecule has 0 aromatic heterocycles. The average molecular weight is 193 g/mol. The van der Waals surface area contributed by atoms with Gasteiger partial charge in [0.2, 0.25) is 0 Å². The molecule has 1 aromatic rings. The van der Waals surface area contributed by atoms with Crippen LogP contribution >= 0.6 is 0 Å². The number of hydrogen-bond donors (Lipinski definition) is 1. The lowest BCUT2D eigenvalue weighted by molar-refractivity contribution is 0.0377. The minimum absolute atomic E-state index is 0.0977. The zero-order valence-electron chi connectivity index (χ0n) is 8.70. The first kappa shape index (κ1) is 10.6. The van der Waals surface area contributed by atoms with Crippen LogP contribution in [0, 0.1) is 6.92 Å². The molecule has 0 aliphatic heterocycles.